The first-order chi connectivity index (χ1) is 9.01. The van der Waals surface area contributed by atoms with Crippen molar-refractivity contribution >= 4 is 15.9 Å². The van der Waals surface area contributed by atoms with Gasteiger partial charge in [-0.05, 0) is 58.5 Å². The number of halogens is 1. The van der Waals surface area contributed by atoms with Gasteiger partial charge < -0.3 is 5.73 Å². The van der Waals surface area contributed by atoms with Crippen LogP contribution in [-0.2, 0) is 18.4 Å². The topological polar surface area (TPSA) is 38.9 Å². The second-order valence-corrected chi connectivity index (χ2v) is 6.07. The summed E-state index contributed by atoms with van der Waals surface area (Å²) in [7, 11) is 0. The van der Waals surface area contributed by atoms with E-state index in [-0.39, 0.29) is 5.54 Å². The van der Waals surface area contributed by atoms with Gasteiger partial charge >= 0.3 is 0 Å². The fraction of sp³-hybridized carbons (Fsp3) is 0.312. The lowest BCUT2D eigenvalue weighted by Crippen LogP contribution is -2.35. The van der Waals surface area contributed by atoms with E-state index >= 15 is 0 Å². The molecule has 0 saturated carbocycles. The number of aromatic nitrogens is 1. The number of nitrogens with zero attached hydrogens (tertiary/aromatic N) is 1. The van der Waals surface area contributed by atoms with Gasteiger partial charge in [-0.15, -0.1) is 0 Å². The van der Waals surface area contributed by atoms with Crippen molar-refractivity contribution in [3.8, 4) is 0 Å². The minimum Gasteiger partial charge on any atom is -0.321 e. The summed E-state index contributed by atoms with van der Waals surface area (Å²) in [6, 6.07) is 10.6. The Balaban J connectivity index is 2.21. The summed E-state index contributed by atoms with van der Waals surface area (Å²) in [5, 5.41) is 0. The van der Waals surface area contributed by atoms with Gasteiger partial charge in [0.2, 0.25) is 0 Å². The van der Waals surface area contributed by atoms with Crippen LogP contribution in [0.2, 0.25) is 0 Å². The smallest absolute Gasteiger partial charge is 0.0422 e. The third-order valence-corrected chi connectivity index (χ3v) is 3.79. The van der Waals surface area contributed by atoms with E-state index in [1.54, 1.807) is 6.20 Å². The number of benzene rings is 1. The number of nitrogens with two attached hydrogens (primary N) is 1. The van der Waals surface area contributed by atoms with Crippen LogP contribution in [0.5, 0.6) is 0 Å². The maximum atomic E-state index is 6.47. The Labute approximate surface area is 123 Å². The normalized spacial score (nSPS) is 14.1. The van der Waals surface area contributed by atoms with Gasteiger partial charge in [-0.1, -0.05) is 31.2 Å². The van der Waals surface area contributed by atoms with E-state index in [0.29, 0.717) is 0 Å². The van der Waals surface area contributed by atoms with Crippen LogP contribution in [0, 0.1) is 0 Å². The van der Waals surface area contributed by atoms with Crippen molar-refractivity contribution < 1.29 is 0 Å². The van der Waals surface area contributed by atoms with Crippen LogP contribution >= 0.6 is 15.9 Å². The number of hydrogen-bond acceptors (Lipinski definition) is 2. The molecule has 1 aromatic carbocycles. The lowest BCUT2D eigenvalue weighted by atomic mass is 9.86. The standard InChI is InChI=1S/C16H19BrN2/c1-3-12-4-6-14(7-5-12)16(2,18)9-13-8-15(17)11-19-10-13/h4-8,10-11H,3,9,18H2,1-2H3. The van der Waals surface area contributed by atoms with Crippen LogP contribution in [0.25, 0.3) is 0 Å². The zero-order valence-corrected chi connectivity index (χ0v) is 12.9. The van der Waals surface area contributed by atoms with Crippen molar-refractivity contribution in [3.05, 3.63) is 63.9 Å². The predicted molar refractivity (Wildman–Crippen MR) is 83.0 cm³/mol. The Bertz CT molecular complexity index is 547. The summed E-state index contributed by atoms with van der Waals surface area (Å²) in [5.74, 6) is 0. The largest absolute Gasteiger partial charge is 0.321 e. The molecule has 3 heteroatoms. The minimum atomic E-state index is -0.380. The molecule has 19 heavy (non-hydrogen) atoms. The van der Waals surface area contributed by atoms with Gasteiger partial charge in [-0.2, -0.15) is 0 Å². The Kier molecular flexibility index (Phi) is 4.38. The van der Waals surface area contributed by atoms with Crippen LogP contribution in [0.3, 0.4) is 0 Å². The van der Waals surface area contributed by atoms with Crippen molar-refractivity contribution in [1.29, 1.82) is 0 Å². The lowest BCUT2D eigenvalue weighted by molar-refractivity contribution is 0.490. The van der Waals surface area contributed by atoms with Crippen LogP contribution in [-0.4, -0.2) is 4.98 Å². The molecule has 0 saturated heterocycles. The minimum absolute atomic E-state index is 0.380. The van der Waals surface area contributed by atoms with Gasteiger partial charge in [-0.25, -0.2) is 0 Å². The van der Waals surface area contributed by atoms with E-state index in [9.17, 15) is 0 Å². The second-order valence-electron chi connectivity index (χ2n) is 5.16. The van der Waals surface area contributed by atoms with Crippen LogP contribution < -0.4 is 5.73 Å². The monoisotopic (exact) mass is 318 g/mol. The maximum Gasteiger partial charge on any atom is 0.0422 e. The van der Waals surface area contributed by atoms with E-state index in [2.05, 4.69) is 65.1 Å². The second kappa shape index (κ2) is 5.85. The van der Waals surface area contributed by atoms with Crippen LogP contribution in [0.4, 0.5) is 0 Å². The Hall–Kier alpha value is -1.19. The van der Waals surface area contributed by atoms with Crippen molar-refractivity contribution in [2.24, 2.45) is 5.73 Å². The fourth-order valence-corrected chi connectivity index (χ4v) is 2.61. The number of rotatable bonds is 4. The molecular formula is C16H19BrN2. The molecule has 1 atom stereocenters. The first kappa shape index (κ1) is 14.2. The molecule has 0 bridgehead atoms. The van der Waals surface area contributed by atoms with Crippen LogP contribution in [0.1, 0.15) is 30.5 Å². The van der Waals surface area contributed by atoms with E-state index in [1.165, 1.54) is 5.56 Å². The molecule has 0 fully saturated rings. The molecule has 2 nitrogen and oxygen atoms in total. The van der Waals surface area contributed by atoms with Crippen molar-refractivity contribution in [1.82, 2.24) is 4.98 Å². The third-order valence-electron chi connectivity index (χ3n) is 3.35. The highest BCUT2D eigenvalue weighted by Crippen LogP contribution is 2.24. The quantitative estimate of drug-likeness (QED) is 0.930. The third kappa shape index (κ3) is 3.64. The highest BCUT2D eigenvalue weighted by molar-refractivity contribution is 9.10. The highest BCUT2D eigenvalue weighted by atomic mass is 79.9. The lowest BCUT2D eigenvalue weighted by Gasteiger charge is -2.25. The number of hydrogen-bond donors (Lipinski definition) is 1. The first-order valence-electron chi connectivity index (χ1n) is 6.49. The first-order valence-corrected chi connectivity index (χ1v) is 7.28. The van der Waals surface area contributed by atoms with Crippen molar-refractivity contribution in [3.63, 3.8) is 0 Å². The SMILES string of the molecule is CCc1ccc(C(C)(N)Cc2cncc(Br)c2)cc1. The molecule has 0 aliphatic carbocycles. The predicted octanol–water partition coefficient (Wildman–Crippen LogP) is 3.82. The molecule has 2 rings (SSSR count). The number of aryl methyl sites for hydroxylation is 1. The van der Waals surface area contributed by atoms with E-state index in [4.69, 9.17) is 5.73 Å². The van der Waals surface area contributed by atoms with Gasteiger partial charge in [0.1, 0.15) is 0 Å². The molecule has 0 spiro atoms. The number of pyridine rings is 1. The Morgan fingerprint density at radius 2 is 1.84 bits per heavy atom. The summed E-state index contributed by atoms with van der Waals surface area (Å²) in [5.41, 5.74) is 9.72. The summed E-state index contributed by atoms with van der Waals surface area (Å²) in [6.07, 6.45) is 5.48. The van der Waals surface area contributed by atoms with Gasteiger partial charge in [0.15, 0.2) is 0 Å². The molecule has 100 valence electrons. The summed E-state index contributed by atoms with van der Waals surface area (Å²) < 4.78 is 0.988. The Morgan fingerprint density at radius 3 is 2.42 bits per heavy atom. The molecule has 0 aliphatic heterocycles. The molecule has 0 aliphatic rings. The van der Waals surface area contributed by atoms with Crippen molar-refractivity contribution in [2.45, 2.75) is 32.2 Å². The zero-order chi connectivity index (χ0) is 13.9. The fourth-order valence-electron chi connectivity index (χ4n) is 2.20. The maximum absolute atomic E-state index is 6.47. The van der Waals surface area contributed by atoms with Gasteiger partial charge in [0, 0.05) is 22.4 Å². The molecule has 1 unspecified atom stereocenters. The average molecular weight is 319 g/mol. The highest BCUT2D eigenvalue weighted by Gasteiger charge is 2.21. The van der Waals surface area contributed by atoms with Crippen LogP contribution in [0.15, 0.2) is 47.2 Å². The summed E-state index contributed by atoms with van der Waals surface area (Å²) >= 11 is 3.44. The van der Waals surface area contributed by atoms with Gasteiger partial charge in [0.25, 0.3) is 0 Å². The molecule has 2 aromatic rings. The Morgan fingerprint density at radius 1 is 1.16 bits per heavy atom. The molecule has 0 amide bonds. The summed E-state index contributed by atoms with van der Waals surface area (Å²) in [4.78, 5) is 4.19. The molecule has 2 N–H and O–H groups in total. The van der Waals surface area contributed by atoms with E-state index < -0.39 is 0 Å². The molecule has 0 radical (unpaired) electrons. The van der Waals surface area contributed by atoms with E-state index in [1.807, 2.05) is 6.20 Å². The summed E-state index contributed by atoms with van der Waals surface area (Å²) in [6.45, 7) is 4.22. The average Bonchev–Trinajstić information content (AvgIpc) is 2.38. The zero-order valence-electron chi connectivity index (χ0n) is 11.4. The van der Waals surface area contributed by atoms with Gasteiger partial charge in [-0.3, -0.25) is 4.98 Å². The van der Waals surface area contributed by atoms with Gasteiger partial charge in [0.05, 0.1) is 0 Å². The molecule has 1 aromatic heterocycles. The molecular weight excluding hydrogens is 300 g/mol. The molecule has 1 heterocycles. The van der Waals surface area contributed by atoms with Crippen molar-refractivity contribution in [2.75, 3.05) is 0 Å². The van der Waals surface area contributed by atoms with E-state index in [0.717, 1.165) is 28.4 Å².